The van der Waals surface area contributed by atoms with Gasteiger partial charge in [0.1, 0.15) is 23.0 Å². The van der Waals surface area contributed by atoms with E-state index in [9.17, 15) is 0 Å². The average molecular weight is 918 g/mol. The minimum Gasteiger partial charge on any atom is -0.456 e. The Labute approximate surface area is 414 Å². The molecular weight excluding hydrogens is 878 g/mol. The highest BCUT2D eigenvalue weighted by Gasteiger charge is 2.44. The Bertz CT molecular complexity index is 4530. The number of aromatic nitrogens is 3. The van der Waals surface area contributed by atoms with E-state index in [1.807, 2.05) is 0 Å². The van der Waals surface area contributed by atoms with Crippen molar-refractivity contribution in [1.82, 2.24) is 13.7 Å². The van der Waals surface area contributed by atoms with Crippen molar-refractivity contribution in [2.75, 3.05) is 0 Å². The van der Waals surface area contributed by atoms with Crippen LogP contribution in [0.1, 0.15) is 0 Å². The maximum absolute atomic E-state index is 7.79. The molecule has 0 spiro atoms. The predicted octanol–water partition coefficient (Wildman–Crippen LogP) is 15.0. The highest BCUT2D eigenvalue weighted by Crippen LogP contribution is 2.49. The van der Waals surface area contributed by atoms with Gasteiger partial charge in [-0.3, -0.25) is 0 Å². The summed E-state index contributed by atoms with van der Waals surface area (Å²) in [6.07, 6.45) is 0. The number of para-hydroxylation sites is 4. The summed E-state index contributed by atoms with van der Waals surface area (Å²) in [6.45, 7) is -0.233. The molecule has 11 aromatic carbocycles. The lowest BCUT2D eigenvalue weighted by Gasteiger charge is -2.34. The summed E-state index contributed by atoms with van der Waals surface area (Å²) in [4.78, 5) is 0. The molecule has 5 nitrogen and oxygen atoms in total. The molecule has 334 valence electrons. The van der Waals surface area contributed by atoms with Crippen LogP contribution in [0.4, 0.5) is 0 Å². The van der Waals surface area contributed by atoms with E-state index in [1.165, 1.54) is 21.9 Å². The molecule has 0 saturated carbocycles. The van der Waals surface area contributed by atoms with Crippen LogP contribution in [0.5, 0.6) is 23.0 Å². The molecule has 3 aromatic heterocycles. The second-order valence-electron chi connectivity index (χ2n) is 19.1. The molecule has 0 radical (unpaired) electrons. The fourth-order valence-corrected chi connectivity index (χ4v) is 12.3. The first-order valence-electron chi connectivity index (χ1n) is 24.7. The van der Waals surface area contributed by atoms with Crippen molar-refractivity contribution < 1.29 is 9.47 Å². The largest absolute Gasteiger partial charge is 0.456 e. The third-order valence-electron chi connectivity index (χ3n) is 15.3. The van der Waals surface area contributed by atoms with Gasteiger partial charge in [-0.05, 0) is 87.8 Å². The normalized spacial score (nSPS) is 12.6. The van der Waals surface area contributed by atoms with Crippen molar-refractivity contribution in [3.05, 3.63) is 243 Å². The van der Waals surface area contributed by atoms with Crippen LogP contribution in [0.3, 0.4) is 0 Å². The summed E-state index contributed by atoms with van der Waals surface area (Å²) in [6, 6.07) is 87.6. The summed E-state index contributed by atoms with van der Waals surface area (Å²) >= 11 is 0. The Hall–Kier alpha value is -9.52. The van der Waals surface area contributed by atoms with Crippen molar-refractivity contribution in [2.45, 2.75) is 0 Å². The van der Waals surface area contributed by atoms with Gasteiger partial charge in [0.15, 0.2) is 0 Å². The summed E-state index contributed by atoms with van der Waals surface area (Å²) in [7, 11) is 0. The molecular formula is C66H40BN3O2. The molecule has 0 amide bonds. The number of benzene rings is 11. The van der Waals surface area contributed by atoms with Gasteiger partial charge in [0, 0.05) is 55.5 Å². The van der Waals surface area contributed by atoms with Crippen LogP contribution >= 0.6 is 0 Å². The van der Waals surface area contributed by atoms with E-state index in [-0.39, 0.29) is 6.71 Å². The summed E-state index contributed by atoms with van der Waals surface area (Å²) in [5, 5.41) is 6.80. The topological polar surface area (TPSA) is 33.2 Å². The number of hydrogen-bond donors (Lipinski definition) is 0. The molecule has 0 bridgehead atoms. The molecule has 2 aliphatic heterocycles. The molecule has 0 unspecified atom stereocenters. The van der Waals surface area contributed by atoms with E-state index in [2.05, 4.69) is 256 Å². The molecule has 0 fully saturated rings. The predicted molar refractivity (Wildman–Crippen MR) is 298 cm³/mol. The van der Waals surface area contributed by atoms with Gasteiger partial charge in [-0.25, -0.2) is 0 Å². The van der Waals surface area contributed by atoms with Gasteiger partial charge < -0.3 is 23.2 Å². The summed E-state index contributed by atoms with van der Waals surface area (Å²) < 4.78 is 22.6. The van der Waals surface area contributed by atoms with Crippen LogP contribution in [0.25, 0.3) is 105 Å². The lowest BCUT2D eigenvalue weighted by molar-refractivity contribution is 0.472. The second kappa shape index (κ2) is 15.0. The number of hydrogen-bond acceptors (Lipinski definition) is 2. The van der Waals surface area contributed by atoms with E-state index in [0.717, 1.165) is 122 Å². The first-order valence-corrected chi connectivity index (χ1v) is 24.7. The number of ether oxygens (including phenoxy) is 2. The fourth-order valence-electron chi connectivity index (χ4n) is 12.3. The third kappa shape index (κ3) is 5.49. The standard InChI is InChI=1S/C66H40BN3O2/c1-6-18-41(19-7-1)43-30-32-48-50-34-36-53-64(62(50)69(56(48)38-43)46-24-12-4-13-25-46)71-59-40-58-60(52-28-16-17-29-55(52)68(58)45-22-10-3-11-23-45)66-61(59)67(53)54-37-35-51-49-33-31-44(42-20-8-2-9-21-42)39-57(49)70(63(51)65(54)72-66)47-26-14-5-15-27-47/h1-40H. The van der Waals surface area contributed by atoms with Gasteiger partial charge in [0.25, 0.3) is 6.71 Å². The van der Waals surface area contributed by atoms with Gasteiger partial charge in [0.2, 0.25) is 0 Å². The molecule has 14 aromatic rings. The minimum atomic E-state index is -0.233. The van der Waals surface area contributed by atoms with Crippen LogP contribution in [0, 0.1) is 0 Å². The molecule has 5 heterocycles. The van der Waals surface area contributed by atoms with Crippen molar-refractivity contribution in [3.63, 3.8) is 0 Å². The van der Waals surface area contributed by atoms with Gasteiger partial charge in [-0.15, -0.1) is 0 Å². The third-order valence-corrected chi connectivity index (χ3v) is 15.3. The second-order valence-corrected chi connectivity index (χ2v) is 19.1. The smallest absolute Gasteiger partial charge is 0.260 e. The molecule has 2 aliphatic rings. The molecule has 0 aliphatic carbocycles. The zero-order valence-corrected chi connectivity index (χ0v) is 38.8. The lowest BCUT2D eigenvalue weighted by atomic mass is 9.34. The zero-order valence-electron chi connectivity index (χ0n) is 38.8. The van der Waals surface area contributed by atoms with Crippen LogP contribution in [-0.4, -0.2) is 20.4 Å². The highest BCUT2D eigenvalue weighted by molar-refractivity contribution is 6.99. The van der Waals surface area contributed by atoms with Crippen molar-refractivity contribution in [2.24, 2.45) is 0 Å². The Kier molecular flexibility index (Phi) is 8.19. The minimum absolute atomic E-state index is 0.233. The Morgan fingerprint density at radius 2 is 0.736 bits per heavy atom. The van der Waals surface area contributed by atoms with Gasteiger partial charge in [0.05, 0.1) is 38.5 Å². The number of fused-ring (bicyclic) bond motifs is 16. The van der Waals surface area contributed by atoms with E-state index in [4.69, 9.17) is 9.47 Å². The van der Waals surface area contributed by atoms with Crippen molar-refractivity contribution >= 4 is 88.5 Å². The highest BCUT2D eigenvalue weighted by atomic mass is 16.5. The van der Waals surface area contributed by atoms with E-state index < -0.39 is 0 Å². The van der Waals surface area contributed by atoms with Crippen molar-refractivity contribution in [1.29, 1.82) is 0 Å². The van der Waals surface area contributed by atoms with Crippen LogP contribution in [-0.2, 0) is 0 Å². The van der Waals surface area contributed by atoms with Gasteiger partial charge in [-0.1, -0.05) is 182 Å². The first-order chi connectivity index (χ1) is 35.7. The van der Waals surface area contributed by atoms with E-state index >= 15 is 0 Å². The monoisotopic (exact) mass is 917 g/mol. The summed E-state index contributed by atoms with van der Waals surface area (Å²) in [5.41, 5.74) is 17.6. The SMILES string of the molecule is c1ccc(-c2ccc3c4ccc5c(c4n(-c4ccccc4)c3c2)Oc2cc3c(c4c2B5c2ccc5c6ccc(-c7ccccc7)cc6n(-c6ccccc6)c5c2O4)c2ccccc2n3-c2ccccc2)cc1. The number of rotatable bonds is 5. The maximum Gasteiger partial charge on any atom is 0.260 e. The molecule has 0 atom stereocenters. The molecule has 6 heteroatoms. The summed E-state index contributed by atoms with van der Waals surface area (Å²) in [5.74, 6) is 3.32. The average Bonchev–Trinajstić information content (AvgIpc) is 4.09. The zero-order chi connectivity index (χ0) is 47.0. The molecule has 0 N–H and O–H groups in total. The van der Waals surface area contributed by atoms with Gasteiger partial charge in [-0.2, -0.15) is 0 Å². The maximum atomic E-state index is 7.79. The quantitative estimate of drug-likeness (QED) is 0.161. The van der Waals surface area contributed by atoms with Crippen molar-refractivity contribution in [3.8, 4) is 62.3 Å². The number of nitrogens with zero attached hydrogens (tertiary/aromatic N) is 3. The van der Waals surface area contributed by atoms with Crippen LogP contribution in [0.2, 0.25) is 0 Å². The van der Waals surface area contributed by atoms with E-state index in [0.29, 0.717) is 0 Å². The van der Waals surface area contributed by atoms with Gasteiger partial charge >= 0.3 is 0 Å². The molecule has 72 heavy (non-hydrogen) atoms. The molecule has 0 saturated heterocycles. The van der Waals surface area contributed by atoms with E-state index in [1.54, 1.807) is 0 Å². The molecule has 16 rings (SSSR count). The Morgan fingerprint density at radius 1 is 0.292 bits per heavy atom. The Balaban J connectivity index is 1.05. The van der Waals surface area contributed by atoms with Crippen LogP contribution < -0.4 is 25.9 Å². The van der Waals surface area contributed by atoms with Crippen LogP contribution in [0.15, 0.2) is 243 Å². The fraction of sp³-hybridized carbons (Fsp3) is 0. The Morgan fingerprint density at radius 3 is 1.26 bits per heavy atom. The first kappa shape index (κ1) is 39.3. The lowest BCUT2D eigenvalue weighted by Crippen LogP contribution is -2.57.